The SMILES string of the molecule is CC(C)C[C@@H](N)C(=O)N1CCC[C@H]1C(=O)N[C@H](Cc1ccccc1)C(=O)N[C@@H](Cc1ccccc1)C(=O)N[C@H](CC(=O)O)C(=O)O. The highest BCUT2D eigenvalue weighted by molar-refractivity contribution is 5.96. The Kier molecular flexibility index (Phi) is 13.2. The Morgan fingerprint density at radius 3 is 1.78 bits per heavy atom. The van der Waals surface area contributed by atoms with Crippen LogP contribution in [0.3, 0.4) is 0 Å². The second-order valence-corrected chi connectivity index (χ2v) is 11.9. The lowest BCUT2D eigenvalue weighted by Gasteiger charge is -2.29. The van der Waals surface area contributed by atoms with Crippen LogP contribution >= 0.6 is 0 Å². The van der Waals surface area contributed by atoms with E-state index in [1.54, 1.807) is 60.7 Å². The van der Waals surface area contributed by atoms with Crippen LogP contribution in [0.15, 0.2) is 60.7 Å². The largest absolute Gasteiger partial charge is 0.481 e. The summed E-state index contributed by atoms with van der Waals surface area (Å²) in [4.78, 5) is 78.2. The van der Waals surface area contributed by atoms with Gasteiger partial charge >= 0.3 is 11.9 Å². The third kappa shape index (κ3) is 10.7. The van der Waals surface area contributed by atoms with E-state index in [0.29, 0.717) is 31.4 Å². The van der Waals surface area contributed by atoms with Gasteiger partial charge in [-0.1, -0.05) is 74.5 Å². The predicted molar refractivity (Wildman–Crippen MR) is 168 cm³/mol. The monoisotopic (exact) mass is 637 g/mol. The van der Waals surface area contributed by atoms with Crippen molar-refractivity contribution in [3.05, 3.63) is 71.8 Å². The van der Waals surface area contributed by atoms with Crippen LogP contribution in [0.2, 0.25) is 0 Å². The molecule has 2 aromatic carbocycles. The maximum Gasteiger partial charge on any atom is 0.326 e. The summed E-state index contributed by atoms with van der Waals surface area (Å²) in [6.07, 6.45) is 0.601. The lowest BCUT2D eigenvalue weighted by molar-refractivity contribution is -0.147. The summed E-state index contributed by atoms with van der Waals surface area (Å²) in [7, 11) is 0. The van der Waals surface area contributed by atoms with Crippen LogP contribution in [0.4, 0.5) is 0 Å². The quantitative estimate of drug-likeness (QED) is 0.154. The Bertz CT molecular complexity index is 1370. The zero-order valence-electron chi connectivity index (χ0n) is 26.1. The van der Waals surface area contributed by atoms with Gasteiger partial charge in [0.2, 0.25) is 23.6 Å². The zero-order chi connectivity index (χ0) is 33.8. The molecule has 7 N–H and O–H groups in total. The number of carbonyl (C=O) groups excluding carboxylic acids is 4. The van der Waals surface area contributed by atoms with Crippen molar-refractivity contribution >= 4 is 35.6 Å². The molecule has 5 atom stereocenters. The molecule has 0 bridgehead atoms. The van der Waals surface area contributed by atoms with E-state index in [1.165, 1.54) is 4.90 Å². The first kappa shape index (κ1) is 35.7. The molecule has 2 aromatic rings. The molecule has 248 valence electrons. The number of rotatable bonds is 16. The van der Waals surface area contributed by atoms with Gasteiger partial charge in [0, 0.05) is 19.4 Å². The van der Waals surface area contributed by atoms with Crippen LogP contribution in [-0.2, 0) is 41.6 Å². The Balaban J connectivity index is 1.85. The number of carboxylic acids is 2. The minimum Gasteiger partial charge on any atom is -0.481 e. The normalized spacial score (nSPS) is 17.0. The third-order valence-corrected chi connectivity index (χ3v) is 7.71. The van der Waals surface area contributed by atoms with E-state index in [0.717, 1.165) is 5.56 Å². The Labute approximate surface area is 267 Å². The van der Waals surface area contributed by atoms with Crippen molar-refractivity contribution in [2.45, 2.75) is 82.6 Å². The molecular weight excluding hydrogens is 594 g/mol. The van der Waals surface area contributed by atoms with Crippen molar-refractivity contribution in [1.29, 1.82) is 0 Å². The Hall–Kier alpha value is -4.78. The van der Waals surface area contributed by atoms with Crippen LogP contribution in [0.1, 0.15) is 50.7 Å². The summed E-state index contributed by atoms with van der Waals surface area (Å²) >= 11 is 0. The van der Waals surface area contributed by atoms with E-state index < -0.39 is 66.3 Å². The molecule has 1 fully saturated rings. The molecular formula is C33H43N5O8. The molecule has 4 amide bonds. The summed E-state index contributed by atoms with van der Waals surface area (Å²) in [6, 6.07) is 11.8. The molecule has 46 heavy (non-hydrogen) atoms. The molecule has 1 aliphatic heterocycles. The van der Waals surface area contributed by atoms with Crippen molar-refractivity contribution in [1.82, 2.24) is 20.9 Å². The fraction of sp³-hybridized carbons (Fsp3) is 0.455. The van der Waals surface area contributed by atoms with Crippen molar-refractivity contribution in [3.8, 4) is 0 Å². The molecule has 0 aromatic heterocycles. The molecule has 13 nitrogen and oxygen atoms in total. The van der Waals surface area contributed by atoms with Gasteiger partial charge in [-0.15, -0.1) is 0 Å². The van der Waals surface area contributed by atoms with Gasteiger partial charge in [-0.05, 0) is 36.3 Å². The number of carboxylic acid groups (broad SMARTS) is 2. The summed E-state index contributed by atoms with van der Waals surface area (Å²) in [5, 5.41) is 26.2. The first-order valence-electron chi connectivity index (χ1n) is 15.3. The fourth-order valence-electron chi connectivity index (χ4n) is 5.43. The van der Waals surface area contributed by atoms with Gasteiger partial charge in [-0.2, -0.15) is 0 Å². The Morgan fingerprint density at radius 1 is 0.804 bits per heavy atom. The number of aliphatic carboxylic acids is 2. The van der Waals surface area contributed by atoms with Gasteiger partial charge in [0.1, 0.15) is 24.2 Å². The number of nitrogens with one attached hydrogen (secondary N) is 3. The highest BCUT2D eigenvalue weighted by Gasteiger charge is 2.38. The van der Waals surface area contributed by atoms with E-state index in [9.17, 15) is 33.9 Å². The van der Waals surface area contributed by atoms with E-state index in [4.69, 9.17) is 10.8 Å². The predicted octanol–water partition coefficient (Wildman–Crippen LogP) is 0.850. The van der Waals surface area contributed by atoms with Crippen molar-refractivity contribution in [2.75, 3.05) is 6.54 Å². The standard InChI is InChI=1S/C33H43N5O8/c1-20(2)16-23(34)32(44)38-15-9-14-27(38)31(43)36-25(18-22-12-7-4-8-13-22)29(41)35-24(17-21-10-5-3-6-11-21)30(42)37-26(33(45)46)19-28(39)40/h3-8,10-13,20,23-27H,9,14-19,34H2,1-2H3,(H,35,41)(H,36,43)(H,37,42)(H,39,40)(H,45,46)/t23-,24+,25-,26-,27+/m1/s1. The number of hydrogen-bond acceptors (Lipinski definition) is 7. The lowest BCUT2D eigenvalue weighted by atomic mass is 10.0. The number of hydrogen-bond donors (Lipinski definition) is 6. The van der Waals surface area contributed by atoms with E-state index in [-0.39, 0.29) is 24.7 Å². The smallest absolute Gasteiger partial charge is 0.326 e. The molecule has 3 rings (SSSR count). The average molecular weight is 638 g/mol. The molecule has 1 saturated heterocycles. The second-order valence-electron chi connectivity index (χ2n) is 11.9. The second kappa shape index (κ2) is 17.1. The molecule has 13 heteroatoms. The van der Waals surface area contributed by atoms with Gasteiger partial charge in [0.05, 0.1) is 12.5 Å². The number of carbonyl (C=O) groups is 6. The summed E-state index contributed by atoms with van der Waals surface area (Å²) < 4.78 is 0. The van der Waals surface area contributed by atoms with Crippen LogP contribution < -0.4 is 21.7 Å². The molecule has 0 radical (unpaired) electrons. The highest BCUT2D eigenvalue weighted by Crippen LogP contribution is 2.20. The van der Waals surface area contributed by atoms with Gasteiger partial charge in [-0.25, -0.2) is 4.79 Å². The van der Waals surface area contributed by atoms with Crippen molar-refractivity contribution in [2.24, 2.45) is 11.7 Å². The lowest BCUT2D eigenvalue weighted by Crippen LogP contribution is -2.59. The average Bonchev–Trinajstić information content (AvgIpc) is 3.50. The van der Waals surface area contributed by atoms with Gasteiger partial charge in [0.25, 0.3) is 0 Å². The fourth-order valence-corrected chi connectivity index (χ4v) is 5.43. The molecule has 0 saturated carbocycles. The van der Waals surface area contributed by atoms with E-state index in [1.807, 2.05) is 13.8 Å². The number of amides is 4. The molecule has 1 aliphatic rings. The van der Waals surface area contributed by atoms with Crippen LogP contribution in [-0.4, -0.2) is 87.4 Å². The van der Waals surface area contributed by atoms with Crippen molar-refractivity contribution < 1.29 is 39.0 Å². The first-order chi connectivity index (χ1) is 21.8. The summed E-state index contributed by atoms with van der Waals surface area (Å²) in [5.41, 5.74) is 7.51. The number of benzene rings is 2. The van der Waals surface area contributed by atoms with Gasteiger partial charge < -0.3 is 36.8 Å². The first-order valence-corrected chi connectivity index (χ1v) is 15.3. The van der Waals surface area contributed by atoms with Crippen LogP contribution in [0.5, 0.6) is 0 Å². The maximum atomic E-state index is 13.8. The molecule has 0 spiro atoms. The van der Waals surface area contributed by atoms with Crippen LogP contribution in [0.25, 0.3) is 0 Å². The van der Waals surface area contributed by atoms with Crippen molar-refractivity contribution in [3.63, 3.8) is 0 Å². The number of likely N-dealkylation sites (tertiary alicyclic amines) is 1. The minimum atomic E-state index is -1.73. The maximum absolute atomic E-state index is 13.8. The van der Waals surface area contributed by atoms with Gasteiger partial charge in [0.15, 0.2) is 0 Å². The number of nitrogens with two attached hydrogens (primary N) is 1. The minimum absolute atomic E-state index is 0.0392. The number of nitrogens with zero attached hydrogens (tertiary/aromatic N) is 1. The molecule has 0 unspecified atom stereocenters. The molecule has 0 aliphatic carbocycles. The molecule has 1 heterocycles. The summed E-state index contributed by atoms with van der Waals surface area (Å²) in [5.74, 6) is -5.26. The van der Waals surface area contributed by atoms with E-state index in [2.05, 4.69) is 16.0 Å². The van der Waals surface area contributed by atoms with Gasteiger partial charge in [-0.3, -0.25) is 24.0 Å². The topological polar surface area (TPSA) is 208 Å². The third-order valence-electron chi connectivity index (χ3n) is 7.71. The Morgan fingerprint density at radius 2 is 1.30 bits per heavy atom. The zero-order valence-corrected chi connectivity index (χ0v) is 26.1. The summed E-state index contributed by atoms with van der Waals surface area (Å²) in [6.45, 7) is 4.26. The van der Waals surface area contributed by atoms with Crippen LogP contribution in [0, 0.1) is 5.92 Å². The highest BCUT2D eigenvalue weighted by atomic mass is 16.4. The van der Waals surface area contributed by atoms with E-state index >= 15 is 0 Å².